The highest BCUT2D eigenvalue weighted by molar-refractivity contribution is 6.02. The Bertz CT molecular complexity index is 1530. The fourth-order valence-corrected chi connectivity index (χ4v) is 5.99. The normalized spacial score (nSPS) is 23.1. The Morgan fingerprint density at radius 1 is 1.19 bits per heavy atom. The summed E-state index contributed by atoms with van der Waals surface area (Å²) in [6, 6.07) is 10.4. The molecule has 4 aromatic rings. The maximum absolute atomic E-state index is 11.5. The van der Waals surface area contributed by atoms with E-state index in [1.165, 1.54) is 18.4 Å². The van der Waals surface area contributed by atoms with Crippen molar-refractivity contribution in [1.29, 1.82) is 0 Å². The van der Waals surface area contributed by atoms with E-state index in [1.54, 1.807) is 6.20 Å². The van der Waals surface area contributed by atoms with Crippen LogP contribution in [0.5, 0.6) is 0 Å². The lowest BCUT2D eigenvalue weighted by molar-refractivity contribution is 0.0698. The topological polar surface area (TPSA) is 84.4 Å². The zero-order valence-electron chi connectivity index (χ0n) is 20.4. The van der Waals surface area contributed by atoms with Crippen LogP contribution in [0.1, 0.15) is 46.0 Å². The molecule has 2 saturated carbocycles. The van der Waals surface area contributed by atoms with Crippen molar-refractivity contribution in [3.63, 3.8) is 0 Å². The van der Waals surface area contributed by atoms with Crippen LogP contribution in [0, 0.1) is 24.7 Å². The van der Waals surface area contributed by atoms with Gasteiger partial charge in [-0.15, -0.1) is 0 Å². The summed E-state index contributed by atoms with van der Waals surface area (Å²) in [4.78, 5) is 18.4. The third-order valence-corrected chi connectivity index (χ3v) is 8.26. The number of aryl methyl sites for hydroxylation is 2. The van der Waals surface area contributed by atoms with Crippen LogP contribution in [0.4, 0.5) is 5.69 Å². The van der Waals surface area contributed by atoms with Gasteiger partial charge < -0.3 is 19.1 Å². The van der Waals surface area contributed by atoms with Crippen LogP contribution in [0.3, 0.4) is 0 Å². The van der Waals surface area contributed by atoms with Crippen LogP contribution < -0.4 is 4.90 Å². The van der Waals surface area contributed by atoms with E-state index >= 15 is 0 Å². The average molecular weight is 481 g/mol. The lowest BCUT2D eigenvalue weighted by Gasteiger charge is -2.21. The molecule has 7 heteroatoms. The van der Waals surface area contributed by atoms with E-state index in [2.05, 4.69) is 64.4 Å². The van der Waals surface area contributed by atoms with Gasteiger partial charge in [-0.05, 0) is 49.1 Å². The molecule has 0 radical (unpaired) electrons. The van der Waals surface area contributed by atoms with Gasteiger partial charge >= 0.3 is 5.97 Å². The van der Waals surface area contributed by atoms with Gasteiger partial charge in [0, 0.05) is 43.4 Å². The summed E-state index contributed by atoms with van der Waals surface area (Å²) in [5.74, 6) is 2.43. The zero-order valence-corrected chi connectivity index (χ0v) is 20.4. The van der Waals surface area contributed by atoms with Gasteiger partial charge in [-0.25, -0.2) is 4.79 Å². The lowest BCUT2D eigenvalue weighted by Crippen LogP contribution is -2.23. The largest absolute Gasteiger partial charge is 0.478 e. The predicted octanol–water partition coefficient (Wildman–Crippen LogP) is 5.51. The number of carboxylic acid groups (broad SMARTS) is 1. The smallest absolute Gasteiger partial charge is 0.339 e. The Labute approximate surface area is 209 Å². The van der Waals surface area contributed by atoms with Gasteiger partial charge in [0.1, 0.15) is 22.5 Å². The molecule has 0 spiro atoms. The summed E-state index contributed by atoms with van der Waals surface area (Å²) in [6.45, 7) is 4.11. The van der Waals surface area contributed by atoms with Crippen LogP contribution >= 0.6 is 0 Å². The highest BCUT2D eigenvalue weighted by Crippen LogP contribution is 2.54. The van der Waals surface area contributed by atoms with E-state index in [0.29, 0.717) is 29.2 Å². The molecule has 3 aromatic heterocycles. The number of rotatable bonds is 6. The second-order valence-electron chi connectivity index (χ2n) is 10.6. The number of fused-ring (bicyclic) bond motifs is 2. The Hall–Kier alpha value is -3.87. The van der Waals surface area contributed by atoms with Crippen molar-refractivity contribution in [3.8, 4) is 11.3 Å². The molecule has 2 atom stereocenters. The molecular formula is C29H28N4O3. The molecule has 7 rings (SSSR count). The van der Waals surface area contributed by atoms with Crippen LogP contribution in [0.25, 0.3) is 28.4 Å². The second-order valence-corrected chi connectivity index (χ2v) is 10.6. The number of aromatic nitrogens is 3. The first-order chi connectivity index (χ1) is 17.5. The van der Waals surface area contributed by atoms with Crippen LogP contribution in [0.2, 0.25) is 0 Å². The Kier molecular flexibility index (Phi) is 4.65. The number of hydrogen-bond donors (Lipinski definition) is 1. The van der Waals surface area contributed by atoms with Crippen molar-refractivity contribution in [2.24, 2.45) is 24.8 Å². The predicted molar refractivity (Wildman–Crippen MR) is 138 cm³/mol. The SMILES string of the molecule is Cc1ccccc1-c1noc(C2CC2)c1/C=C/C1C2CN(c3cnc4c(C(=O)O)cn(C)c4c3)CC12. The average Bonchev–Trinajstić information content (AvgIpc) is 3.68. The number of nitrogens with zero attached hydrogens (tertiary/aromatic N) is 4. The van der Waals surface area contributed by atoms with Crippen LogP contribution in [0.15, 0.2) is 53.3 Å². The highest BCUT2D eigenvalue weighted by Gasteiger charge is 2.54. The van der Waals surface area contributed by atoms with Gasteiger partial charge in [-0.3, -0.25) is 4.98 Å². The van der Waals surface area contributed by atoms with Gasteiger partial charge in [-0.1, -0.05) is 41.6 Å². The molecule has 1 saturated heterocycles. The van der Waals surface area contributed by atoms with Crippen molar-refractivity contribution in [2.45, 2.75) is 25.7 Å². The van der Waals surface area contributed by atoms with Gasteiger partial charge in [0.2, 0.25) is 0 Å². The maximum Gasteiger partial charge on any atom is 0.339 e. The molecule has 7 nitrogen and oxygen atoms in total. The monoisotopic (exact) mass is 480 g/mol. The van der Waals surface area contributed by atoms with Gasteiger partial charge in [0.05, 0.1) is 17.4 Å². The number of carbonyl (C=O) groups is 1. The van der Waals surface area contributed by atoms with E-state index in [4.69, 9.17) is 4.52 Å². The summed E-state index contributed by atoms with van der Waals surface area (Å²) < 4.78 is 7.70. The second kappa shape index (κ2) is 7.82. The Morgan fingerprint density at radius 2 is 1.97 bits per heavy atom. The minimum absolute atomic E-state index is 0.248. The summed E-state index contributed by atoms with van der Waals surface area (Å²) in [6.07, 6.45) is 10.5. The number of hydrogen-bond acceptors (Lipinski definition) is 5. The fraction of sp³-hybridized carbons (Fsp3) is 0.345. The molecule has 36 heavy (non-hydrogen) atoms. The van der Waals surface area contributed by atoms with Crippen LogP contribution in [-0.2, 0) is 7.05 Å². The van der Waals surface area contributed by atoms with Gasteiger partial charge in [-0.2, -0.15) is 0 Å². The first kappa shape index (κ1) is 21.4. The Morgan fingerprint density at radius 3 is 2.69 bits per heavy atom. The van der Waals surface area contributed by atoms with Crippen molar-refractivity contribution in [2.75, 3.05) is 18.0 Å². The number of carboxylic acids is 1. The number of allylic oxidation sites excluding steroid dienone is 1. The van der Waals surface area contributed by atoms with E-state index in [9.17, 15) is 9.90 Å². The summed E-state index contributed by atoms with van der Waals surface area (Å²) >= 11 is 0. The molecule has 3 aliphatic rings. The molecule has 0 bridgehead atoms. The summed E-state index contributed by atoms with van der Waals surface area (Å²) in [5.41, 5.74) is 7.17. The summed E-state index contributed by atoms with van der Waals surface area (Å²) in [7, 11) is 1.87. The zero-order chi connectivity index (χ0) is 24.6. The number of anilines is 1. The molecule has 1 N–H and O–H groups in total. The Balaban J connectivity index is 1.10. The molecule has 2 unspecified atom stereocenters. The van der Waals surface area contributed by atoms with Crippen LogP contribution in [-0.4, -0.2) is 38.9 Å². The molecule has 2 aliphatic carbocycles. The molecule has 0 amide bonds. The van der Waals surface area contributed by atoms with E-state index in [-0.39, 0.29) is 5.56 Å². The molecular weight excluding hydrogens is 452 g/mol. The molecule has 1 aliphatic heterocycles. The summed E-state index contributed by atoms with van der Waals surface area (Å²) in [5, 5.41) is 13.9. The van der Waals surface area contributed by atoms with Crippen molar-refractivity contribution in [3.05, 3.63) is 71.3 Å². The highest BCUT2D eigenvalue weighted by atomic mass is 16.5. The lowest BCUT2D eigenvalue weighted by atomic mass is 9.99. The van der Waals surface area contributed by atoms with Gasteiger partial charge in [0.25, 0.3) is 0 Å². The first-order valence-corrected chi connectivity index (χ1v) is 12.7. The number of benzene rings is 1. The minimum atomic E-state index is -0.943. The first-order valence-electron chi connectivity index (χ1n) is 12.7. The molecule has 3 fully saturated rings. The molecule has 1 aromatic carbocycles. The third kappa shape index (κ3) is 3.37. The molecule has 4 heterocycles. The van der Waals surface area contributed by atoms with Crippen molar-refractivity contribution >= 4 is 28.8 Å². The standard InChI is InChI=1S/C29H28N4O3/c1-16-5-3-4-6-19(16)26-21(28(36-31-26)17-7-8-17)10-9-20-22-14-33(15-23(20)22)18-11-25-27(30-12-18)24(29(34)35)13-32(25)2/h3-6,9-13,17,20,22-23H,7-8,14-15H2,1-2H3,(H,34,35)/b10-9+. The third-order valence-electron chi connectivity index (χ3n) is 8.26. The van der Waals surface area contributed by atoms with Crippen molar-refractivity contribution < 1.29 is 14.4 Å². The fourth-order valence-electron chi connectivity index (χ4n) is 5.99. The van der Waals surface area contributed by atoms with Crippen molar-refractivity contribution in [1.82, 2.24) is 14.7 Å². The quantitative estimate of drug-likeness (QED) is 0.392. The van der Waals surface area contributed by atoms with E-state index in [0.717, 1.165) is 46.9 Å². The van der Waals surface area contributed by atoms with Gasteiger partial charge in [0.15, 0.2) is 0 Å². The maximum atomic E-state index is 11.5. The number of piperidine rings is 1. The van der Waals surface area contributed by atoms with E-state index < -0.39 is 5.97 Å². The number of pyridine rings is 1. The van der Waals surface area contributed by atoms with E-state index in [1.807, 2.05) is 17.8 Å². The number of aromatic carboxylic acids is 1. The molecule has 182 valence electrons. The minimum Gasteiger partial charge on any atom is -0.478 e.